The highest BCUT2D eigenvalue weighted by atomic mass is 16.5. The topological polar surface area (TPSA) is 214 Å². The van der Waals surface area contributed by atoms with Crippen LogP contribution in [-0.2, 0) is 4.79 Å². The number of primary amides is 1. The normalized spacial score (nSPS) is 9.55. The second kappa shape index (κ2) is 15.4. The molecule has 0 aliphatic carbocycles. The number of para-hydroxylation sites is 4. The van der Waals surface area contributed by atoms with E-state index in [1.54, 1.807) is 42.5 Å². The highest BCUT2D eigenvalue weighted by Gasteiger charge is 2.17. The molecule has 0 aliphatic heterocycles. The minimum absolute atomic E-state index is 0.0253. The third kappa shape index (κ3) is 9.54. The monoisotopic (exact) mass is 574 g/mol. The van der Waals surface area contributed by atoms with E-state index in [9.17, 15) is 34.2 Å². The fourth-order valence-corrected chi connectivity index (χ4v) is 3.11. The summed E-state index contributed by atoms with van der Waals surface area (Å²) in [5.41, 5.74) is 5.02. The van der Waals surface area contributed by atoms with E-state index >= 15 is 0 Å². The summed E-state index contributed by atoms with van der Waals surface area (Å²) < 4.78 is 4.99. The zero-order chi connectivity index (χ0) is 31.2. The van der Waals surface area contributed by atoms with Crippen LogP contribution in [0.5, 0.6) is 23.0 Å². The molecule has 4 aromatic rings. The highest BCUT2D eigenvalue weighted by Crippen LogP contribution is 2.22. The molecule has 0 spiro atoms. The minimum Gasteiger partial charge on any atom is -0.507 e. The molecule has 7 N–H and O–H groups in total. The maximum absolute atomic E-state index is 11.8. The number of hydrogen-bond acceptors (Lipinski definition) is 9. The van der Waals surface area contributed by atoms with Crippen LogP contribution in [-0.4, -0.2) is 50.1 Å². The quantitative estimate of drug-likeness (QED) is 0.151. The molecular formula is C30H26N2O10. The average Bonchev–Trinajstić information content (AvgIpc) is 2.94. The molecule has 0 radical (unpaired) electrons. The molecule has 42 heavy (non-hydrogen) atoms. The lowest BCUT2D eigenvalue weighted by molar-refractivity contribution is -0.118. The van der Waals surface area contributed by atoms with Crippen LogP contribution < -0.4 is 15.8 Å². The van der Waals surface area contributed by atoms with Crippen LogP contribution in [0.2, 0.25) is 0 Å². The van der Waals surface area contributed by atoms with Crippen molar-refractivity contribution < 1.29 is 49.1 Å². The molecule has 0 atom stereocenters. The van der Waals surface area contributed by atoms with Crippen molar-refractivity contribution in [2.75, 3.05) is 0 Å². The number of carbonyl (C=O) groups excluding carboxylic acids is 4. The van der Waals surface area contributed by atoms with Gasteiger partial charge < -0.3 is 30.9 Å². The number of aromatic carboxylic acids is 1. The maximum Gasteiger partial charge on any atom is 0.347 e. The number of benzene rings is 4. The summed E-state index contributed by atoms with van der Waals surface area (Å²) in [7, 11) is 0. The first kappa shape index (κ1) is 32.0. The number of carbonyl (C=O) groups is 5. The number of amides is 3. The van der Waals surface area contributed by atoms with Crippen molar-refractivity contribution in [3.8, 4) is 23.0 Å². The molecule has 0 aromatic heterocycles. The molecule has 12 nitrogen and oxygen atoms in total. The smallest absolute Gasteiger partial charge is 0.347 e. The van der Waals surface area contributed by atoms with Crippen molar-refractivity contribution in [2.24, 2.45) is 5.73 Å². The number of hydrogen-bond donors (Lipinski definition) is 6. The lowest BCUT2D eigenvalue weighted by Gasteiger charge is -2.07. The second-order valence-electron chi connectivity index (χ2n) is 8.12. The van der Waals surface area contributed by atoms with E-state index in [0.717, 1.165) is 0 Å². The first-order valence-electron chi connectivity index (χ1n) is 11.9. The predicted molar refractivity (Wildman–Crippen MR) is 149 cm³/mol. The average molecular weight is 575 g/mol. The van der Waals surface area contributed by atoms with Gasteiger partial charge in [0.05, 0.1) is 11.1 Å². The van der Waals surface area contributed by atoms with E-state index in [-0.39, 0.29) is 45.3 Å². The molecule has 4 rings (SSSR count). The van der Waals surface area contributed by atoms with Gasteiger partial charge in [0.15, 0.2) is 0 Å². The maximum atomic E-state index is 11.8. The summed E-state index contributed by atoms with van der Waals surface area (Å²) in [6, 6.07) is 23.8. The number of ether oxygens (including phenoxy) is 1. The Labute approximate surface area is 239 Å². The Morgan fingerprint density at radius 1 is 0.619 bits per heavy atom. The lowest BCUT2D eigenvalue weighted by Crippen LogP contribution is -2.27. The number of esters is 1. The number of aromatic hydroxyl groups is 3. The van der Waals surface area contributed by atoms with Crippen LogP contribution in [0.15, 0.2) is 97.1 Å². The van der Waals surface area contributed by atoms with Gasteiger partial charge in [0.2, 0.25) is 5.91 Å². The molecule has 0 heterocycles. The number of phenolic OH excluding ortho intramolecular Hbond substituents is 2. The molecule has 4 aromatic carbocycles. The standard InChI is InChI=1S/C14H10O5.C9H9NO3.C7H7NO2/c15-11-7-3-1-5-9(11)14(18)19-12-8-4-2-6-10(12)13(16)17;1-6(11)10-9(13)7-4-2-3-5-8(7)12;8-7(10)5-3-1-2-4-6(5)9/h1-8,15H,(H,16,17);2-5,12H,1H3,(H,10,11,13);1-4,9H,(H2,8,10). The number of nitrogens with two attached hydrogens (primary N) is 1. The van der Waals surface area contributed by atoms with Crippen LogP contribution in [0.25, 0.3) is 0 Å². The van der Waals surface area contributed by atoms with Gasteiger partial charge >= 0.3 is 11.9 Å². The van der Waals surface area contributed by atoms with Gasteiger partial charge in [-0.25, -0.2) is 9.59 Å². The van der Waals surface area contributed by atoms with Gasteiger partial charge in [-0.3, -0.25) is 19.7 Å². The van der Waals surface area contributed by atoms with E-state index < -0.39 is 29.7 Å². The molecule has 3 amide bonds. The van der Waals surface area contributed by atoms with Gasteiger partial charge in [0.25, 0.3) is 11.8 Å². The van der Waals surface area contributed by atoms with Crippen LogP contribution in [0.1, 0.15) is 48.4 Å². The van der Waals surface area contributed by atoms with E-state index in [1.165, 1.54) is 61.5 Å². The van der Waals surface area contributed by atoms with Crippen molar-refractivity contribution >= 4 is 29.7 Å². The number of carboxylic acids is 1. The zero-order valence-electron chi connectivity index (χ0n) is 22.1. The third-order valence-electron chi connectivity index (χ3n) is 5.05. The lowest BCUT2D eigenvalue weighted by atomic mass is 10.2. The molecule has 0 bridgehead atoms. The minimum atomic E-state index is -1.19. The summed E-state index contributed by atoms with van der Waals surface area (Å²) in [5, 5.41) is 38.7. The number of imide groups is 1. The van der Waals surface area contributed by atoms with Crippen LogP contribution >= 0.6 is 0 Å². The number of carboxylic acid groups (broad SMARTS) is 1. The molecule has 12 heteroatoms. The van der Waals surface area contributed by atoms with Crippen molar-refractivity contribution in [1.29, 1.82) is 0 Å². The second-order valence-corrected chi connectivity index (χ2v) is 8.12. The van der Waals surface area contributed by atoms with Gasteiger partial charge in [-0.05, 0) is 48.5 Å². The number of phenols is 3. The summed E-state index contributed by atoms with van der Waals surface area (Å²) in [4.78, 5) is 55.0. The Morgan fingerprint density at radius 2 is 1.02 bits per heavy atom. The molecule has 0 fully saturated rings. The fraction of sp³-hybridized carbons (Fsp3) is 0.0333. The van der Waals surface area contributed by atoms with Gasteiger partial charge in [-0.2, -0.15) is 0 Å². The zero-order valence-corrected chi connectivity index (χ0v) is 22.1. The van der Waals surface area contributed by atoms with Gasteiger partial charge in [-0.15, -0.1) is 0 Å². The summed E-state index contributed by atoms with van der Waals surface area (Å²) in [5.74, 6) is -4.16. The first-order chi connectivity index (χ1) is 19.9. The van der Waals surface area contributed by atoms with E-state index in [2.05, 4.69) is 5.32 Å². The van der Waals surface area contributed by atoms with Gasteiger partial charge in [0.1, 0.15) is 34.1 Å². The molecule has 216 valence electrons. The van der Waals surface area contributed by atoms with Crippen LogP contribution in [0.4, 0.5) is 0 Å². The summed E-state index contributed by atoms with van der Waals surface area (Å²) >= 11 is 0. The Morgan fingerprint density at radius 3 is 1.43 bits per heavy atom. The summed E-state index contributed by atoms with van der Waals surface area (Å²) in [6.07, 6.45) is 0. The van der Waals surface area contributed by atoms with E-state index in [1.807, 2.05) is 0 Å². The van der Waals surface area contributed by atoms with E-state index in [0.29, 0.717) is 0 Å². The predicted octanol–water partition coefficient (Wildman–Crippen LogP) is 3.47. The van der Waals surface area contributed by atoms with Crippen molar-refractivity contribution in [1.82, 2.24) is 5.32 Å². The van der Waals surface area contributed by atoms with Crippen LogP contribution in [0, 0.1) is 0 Å². The van der Waals surface area contributed by atoms with Crippen LogP contribution in [0.3, 0.4) is 0 Å². The van der Waals surface area contributed by atoms with E-state index in [4.69, 9.17) is 20.7 Å². The Kier molecular flexibility index (Phi) is 11.8. The molecular weight excluding hydrogens is 548 g/mol. The highest BCUT2D eigenvalue weighted by molar-refractivity contribution is 6.05. The SMILES string of the molecule is CC(=O)NC(=O)c1ccccc1O.NC(=O)c1ccccc1O.O=C(Oc1ccccc1C(=O)O)c1ccccc1O. The third-order valence-corrected chi connectivity index (χ3v) is 5.05. The van der Waals surface area contributed by atoms with Gasteiger partial charge in [0, 0.05) is 6.92 Å². The van der Waals surface area contributed by atoms with Crippen molar-refractivity contribution in [3.05, 3.63) is 119 Å². The Balaban J connectivity index is 0.000000234. The molecule has 0 unspecified atom stereocenters. The Hall–Kier alpha value is -6.17. The van der Waals surface area contributed by atoms with Crippen molar-refractivity contribution in [2.45, 2.75) is 6.92 Å². The molecule has 0 saturated heterocycles. The number of nitrogens with one attached hydrogen (secondary N) is 1. The van der Waals surface area contributed by atoms with Gasteiger partial charge in [-0.1, -0.05) is 48.5 Å². The first-order valence-corrected chi connectivity index (χ1v) is 11.9. The Bertz CT molecular complexity index is 1600. The summed E-state index contributed by atoms with van der Waals surface area (Å²) in [6.45, 7) is 1.23. The van der Waals surface area contributed by atoms with Crippen molar-refractivity contribution in [3.63, 3.8) is 0 Å². The molecule has 0 aliphatic rings. The largest absolute Gasteiger partial charge is 0.507 e. The fourth-order valence-electron chi connectivity index (χ4n) is 3.11. The molecule has 0 saturated carbocycles. The number of rotatable bonds is 5.